The van der Waals surface area contributed by atoms with Crippen LogP contribution < -0.4 is 0 Å². The van der Waals surface area contributed by atoms with Crippen LogP contribution in [0.4, 0.5) is 0 Å². The van der Waals surface area contributed by atoms with Gasteiger partial charge in [0.05, 0.1) is 6.54 Å². The molecule has 90 valence electrons. The van der Waals surface area contributed by atoms with Crippen LogP contribution in [-0.2, 0) is 18.3 Å². The van der Waals surface area contributed by atoms with E-state index in [1.807, 2.05) is 22.7 Å². The zero-order chi connectivity index (χ0) is 12.0. The van der Waals surface area contributed by atoms with Gasteiger partial charge in [0.1, 0.15) is 5.82 Å². The number of rotatable bonds is 7. The number of aryl methyl sites for hydroxylation is 1. The number of carboxylic acids is 1. The first-order valence-electron chi connectivity index (χ1n) is 5.53. The predicted molar refractivity (Wildman–Crippen MR) is 61.3 cm³/mol. The Labute approximate surface area is 95.7 Å². The topological polar surface area (TPSA) is 58.4 Å². The van der Waals surface area contributed by atoms with Gasteiger partial charge in [-0.05, 0) is 13.0 Å². The molecule has 1 heterocycles. The summed E-state index contributed by atoms with van der Waals surface area (Å²) < 4.78 is 1.96. The van der Waals surface area contributed by atoms with Gasteiger partial charge in [-0.3, -0.25) is 9.69 Å². The lowest BCUT2D eigenvalue weighted by Gasteiger charge is -2.18. The molecule has 0 aliphatic heterocycles. The second-order valence-electron chi connectivity index (χ2n) is 3.87. The van der Waals surface area contributed by atoms with Gasteiger partial charge in [0.15, 0.2) is 0 Å². The molecule has 0 saturated carbocycles. The van der Waals surface area contributed by atoms with Crippen molar-refractivity contribution in [3.63, 3.8) is 0 Å². The maximum atomic E-state index is 10.7. The van der Waals surface area contributed by atoms with E-state index in [-0.39, 0.29) is 6.54 Å². The van der Waals surface area contributed by atoms with E-state index in [0.29, 0.717) is 0 Å². The molecule has 0 radical (unpaired) electrons. The highest BCUT2D eigenvalue weighted by Gasteiger charge is 2.09. The number of hydrogen-bond acceptors (Lipinski definition) is 3. The molecule has 1 aromatic rings. The Kier molecular flexibility index (Phi) is 4.98. The largest absolute Gasteiger partial charge is 0.480 e. The number of imidazole rings is 1. The molecule has 1 rings (SSSR count). The maximum Gasteiger partial charge on any atom is 0.317 e. The van der Waals surface area contributed by atoms with Gasteiger partial charge < -0.3 is 9.67 Å². The Morgan fingerprint density at radius 1 is 1.56 bits per heavy atom. The third-order valence-corrected chi connectivity index (χ3v) is 2.47. The first-order chi connectivity index (χ1) is 7.63. The van der Waals surface area contributed by atoms with E-state index < -0.39 is 5.97 Å². The van der Waals surface area contributed by atoms with Crippen molar-refractivity contribution in [1.29, 1.82) is 0 Å². The number of aromatic nitrogens is 2. The second kappa shape index (κ2) is 6.27. The first kappa shape index (κ1) is 12.7. The molecular weight excluding hydrogens is 206 g/mol. The van der Waals surface area contributed by atoms with E-state index in [9.17, 15) is 4.79 Å². The molecule has 16 heavy (non-hydrogen) atoms. The average Bonchev–Trinajstić information content (AvgIpc) is 2.60. The van der Waals surface area contributed by atoms with E-state index >= 15 is 0 Å². The summed E-state index contributed by atoms with van der Waals surface area (Å²) in [6, 6.07) is 0. The fourth-order valence-electron chi connectivity index (χ4n) is 1.67. The lowest BCUT2D eigenvalue weighted by Crippen LogP contribution is -2.32. The number of carbonyl (C=O) groups is 1. The van der Waals surface area contributed by atoms with Gasteiger partial charge >= 0.3 is 5.97 Å². The summed E-state index contributed by atoms with van der Waals surface area (Å²) in [4.78, 5) is 16.8. The zero-order valence-corrected chi connectivity index (χ0v) is 9.89. The molecule has 0 atom stereocenters. The van der Waals surface area contributed by atoms with Gasteiger partial charge in [-0.25, -0.2) is 4.98 Å². The molecule has 1 N–H and O–H groups in total. The molecule has 0 aliphatic rings. The van der Waals surface area contributed by atoms with Crippen LogP contribution >= 0.6 is 0 Å². The molecule has 0 aromatic carbocycles. The van der Waals surface area contributed by atoms with Crippen molar-refractivity contribution in [2.45, 2.75) is 19.8 Å². The van der Waals surface area contributed by atoms with Crippen molar-refractivity contribution < 1.29 is 9.90 Å². The van der Waals surface area contributed by atoms with Gasteiger partial charge in [0.2, 0.25) is 0 Å². The Morgan fingerprint density at radius 3 is 2.81 bits per heavy atom. The second-order valence-corrected chi connectivity index (χ2v) is 3.87. The Morgan fingerprint density at radius 2 is 2.31 bits per heavy atom. The number of nitrogens with zero attached hydrogens (tertiary/aromatic N) is 3. The van der Waals surface area contributed by atoms with E-state index in [0.717, 1.165) is 31.8 Å². The highest BCUT2D eigenvalue weighted by atomic mass is 16.4. The van der Waals surface area contributed by atoms with Crippen molar-refractivity contribution in [3.8, 4) is 0 Å². The smallest absolute Gasteiger partial charge is 0.317 e. The third-order valence-electron chi connectivity index (χ3n) is 2.47. The van der Waals surface area contributed by atoms with Gasteiger partial charge in [-0.1, -0.05) is 6.92 Å². The lowest BCUT2D eigenvalue weighted by molar-refractivity contribution is -0.138. The van der Waals surface area contributed by atoms with Crippen LogP contribution in [0, 0.1) is 0 Å². The predicted octanol–water partition coefficient (Wildman–Crippen LogP) is 0.759. The van der Waals surface area contributed by atoms with E-state index in [1.165, 1.54) is 0 Å². The Bertz CT molecular complexity index is 336. The minimum absolute atomic E-state index is 0.109. The molecule has 1 aromatic heterocycles. The van der Waals surface area contributed by atoms with Crippen molar-refractivity contribution >= 4 is 5.97 Å². The monoisotopic (exact) mass is 225 g/mol. The molecule has 0 amide bonds. The minimum atomic E-state index is -0.770. The SMILES string of the molecule is CCCN(CCc1nccn1C)CC(=O)O. The van der Waals surface area contributed by atoms with Crippen LogP contribution in [0.15, 0.2) is 12.4 Å². The van der Waals surface area contributed by atoms with Crippen LogP contribution in [0.1, 0.15) is 19.2 Å². The van der Waals surface area contributed by atoms with Crippen LogP contribution in [-0.4, -0.2) is 45.2 Å². The lowest BCUT2D eigenvalue weighted by atomic mass is 10.3. The van der Waals surface area contributed by atoms with E-state index in [2.05, 4.69) is 11.9 Å². The van der Waals surface area contributed by atoms with Crippen LogP contribution in [0.25, 0.3) is 0 Å². The van der Waals surface area contributed by atoms with Gasteiger partial charge in [0.25, 0.3) is 0 Å². The summed E-state index contributed by atoms with van der Waals surface area (Å²) in [5, 5.41) is 8.76. The number of aliphatic carboxylic acids is 1. The standard InChI is InChI=1S/C11H19N3O2/c1-3-6-14(9-11(15)16)7-4-10-12-5-8-13(10)2/h5,8H,3-4,6-7,9H2,1-2H3,(H,15,16). The molecule has 0 bridgehead atoms. The normalized spacial score (nSPS) is 10.9. The number of hydrogen-bond donors (Lipinski definition) is 1. The van der Waals surface area contributed by atoms with Crippen LogP contribution in [0.3, 0.4) is 0 Å². The summed E-state index contributed by atoms with van der Waals surface area (Å²) in [6.45, 7) is 3.72. The van der Waals surface area contributed by atoms with Crippen molar-refractivity contribution in [2.75, 3.05) is 19.6 Å². The third kappa shape index (κ3) is 4.02. The Balaban J connectivity index is 2.43. The average molecular weight is 225 g/mol. The molecule has 0 fully saturated rings. The molecule has 0 spiro atoms. The summed E-state index contributed by atoms with van der Waals surface area (Å²) in [5.41, 5.74) is 0. The molecule has 0 unspecified atom stereocenters. The fraction of sp³-hybridized carbons (Fsp3) is 0.636. The summed E-state index contributed by atoms with van der Waals surface area (Å²) >= 11 is 0. The van der Waals surface area contributed by atoms with Gasteiger partial charge in [-0.2, -0.15) is 0 Å². The van der Waals surface area contributed by atoms with Crippen LogP contribution in [0.5, 0.6) is 0 Å². The summed E-state index contributed by atoms with van der Waals surface area (Å²) in [7, 11) is 1.95. The molecule has 0 saturated heterocycles. The van der Waals surface area contributed by atoms with Gasteiger partial charge in [0, 0.05) is 32.4 Å². The van der Waals surface area contributed by atoms with Crippen molar-refractivity contribution in [1.82, 2.24) is 14.5 Å². The molecule has 5 nitrogen and oxygen atoms in total. The number of carboxylic acid groups (broad SMARTS) is 1. The van der Waals surface area contributed by atoms with Crippen molar-refractivity contribution in [3.05, 3.63) is 18.2 Å². The highest BCUT2D eigenvalue weighted by Crippen LogP contribution is 1.99. The fourth-order valence-corrected chi connectivity index (χ4v) is 1.67. The van der Waals surface area contributed by atoms with Gasteiger partial charge in [-0.15, -0.1) is 0 Å². The quantitative estimate of drug-likeness (QED) is 0.744. The Hall–Kier alpha value is -1.36. The minimum Gasteiger partial charge on any atom is -0.480 e. The maximum absolute atomic E-state index is 10.7. The van der Waals surface area contributed by atoms with Crippen molar-refractivity contribution in [2.24, 2.45) is 7.05 Å². The molecular formula is C11H19N3O2. The van der Waals surface area contributed by atoms with E-state index in [1.54, 1.807) is 6.20 Å². The first-order valence-corrected chi connectivity index (χ1v) is 5.53. The molecule has 5 heteroatoms. The van der Waals surface area contributed by atoms with E-state index in [4.69, 9.17) is 5.11 Å². The van der Waals surface area contributed by atoms with Crippen LogP contribution in [0.2, 0.25) is 0 Å². The highest BCUT2D eigenvalue weighted by molar-refractivity contribution is 5.69. The summed E-state index contributed by atoms with van der Waals surface area (Å²) in [5.74, 6) is 0.222. The summed E-state index contributed by atoms with van der Waals surface area (Å²) in [6.07, 6.45) is 5.41. The molecule has 0 aliphatic carbocycles. The zero-order valence-electron chi connectivity index (χ0n) is 9.89.